The molecule has 0 aliphatic carbocycles. The predicted octanol–water partition coefficient (Wildman–Crippen LogP) is 2.52. The summed E-state index contributed by atoms with van der Waals surface area (Å²) in [6, 6.07) is 2.06. The number of hydrogen-bond donors (Lipinski definition) is 1. The molecular weight excluding hydrogens is 336 g/mol. The van der Waals surface area contributed by atoms with Crippen LogP contribution in [-0.4, -0.2) is 42.8 Å². The Bertz CT molecular complexity index is 721. The van der Waals surface area contributed by atoms with Gasteiger partial charge in [0.15, 0.2) is 5.56 Å². The van der Waals surface area contributed by atoms with Crippen LogP contribution < -0.4 is 5.32 Å². The van der Waals surface area contributed by atoms with Gasteiger partial charge in [0.2, 0.25) is 0 Å². The lowest BCUT2D eigenvalue weighted by atomic mass is 10.0. The van der Waals surface area contributed by atoms with Gasteiger partial charge in [-0.2, -0.15) is 0 Å². The van der Waals surface area contributed by atoms with Gasteiger partial charge in [-0.15, -0.1) is 0 Å². The maximum Gasteiger partial charge on any atom is 0.412 e. The molecule has 0 saturated heterocycles. The van der Waals surface area contributed by atoms with Crippen LogP contribution in [0.4, 0.5) is 16.2 Å². The molecule has 0 bridgehead atoms. The molecular formula is C15H18N2O8. The van der Waals surface area contributed by atoms with E-state index >= 15 is 0 Å². The number of carbonyl (C=O) groups is 3. The van der Waals surface area contributed by atoms with Crippen molar-refractivity contribution >= 4 is 29.4 Å². The van der Waals surface area contributed by atoms with E-state index in [1.165, 1.54) is 0 Å². The lowest BCUT2D eigenvalue weighted by Crippen LogP contribution is -2.28. The highest BCUT2D eigenvalue weighted by Crippen LogP contribution is 2.30. The number of nitro benzene ring substituents is 1. The summed E-state index contributed by atoms with van der Waals surface area (Å²) in [5.74, 6) is -2.19. The molecule has 0 heterocycles. The van der Waals surface area contributed by atoms with E-state index in [2.05, 4.69) is 14.8 Å². The van der Waals surface area contributed by atoms with Gasteiger partial charge in [0.05, 0.1) is 24.8 Å². The van der Waals surface area contributed by atoms with Gasteiger partial charge >= 0.3 is 18.0 Å². The Morgan fingerprint density at radius 3 is 2.00 bits per heavy atom. The first-order valence-electron chi connectivity index (χ1n) is 6.99. The van der Waals surface area contributed by atoms with Crippen LogP contribution in [0.15, 0.2) is 12.1 Å². The van der Waals surface area contributed by atoms with Crippen molar-refractivity contribution in [1.29, 1.82) is 0 Å². The number of anilines is 1. The van der Waals surface area contributed by atoms with E-state index in [4.69, 9.17) is 4.74 Å². The number of hydrogen-bond acceptors (Lipinski definition) is 8. The smallest absolute Gasteiger partial charge is 0.412 e. The van der Waals surface area contributed by atoms with Gasteiger partial charge in [0.1, 0.15) is 11.2 Å². The largest absolute Gasteiger partial charge is 0.465 e. The zero-order valence-corrected chi connectivity index (χ0v) is 14.4. The van der Waals surface area contributed by atoms with Crippen molar-refractivity contribution in [3.8, 4) is 0 Å². The number of methoxy groups -OCH3 is 2. The SMILES string of the molecule is COC(=O)c1c(NC(=O)OC(C)(C)C)ccc([N+](=O)[O-])c1C(=O)OC. The molecule has 1 amide bonds. The monoisotopic (exact) mass is 354 g/mol. The molecule has 0 radical (unpaired) electrons. The van der Waals surface area contributed by atoms with Crippen molar-refractivity contribution < 1.29 is 33.5 Å². The minimum absolute atomic E-state index is 0.188. The van der Waals surface area contributed by atoms with E-state index in [9.17, 15) is 24.5 Å². The minimum Gasteiger partial charge on any atom is -0.465 e. The summed E-state index contributed by atoms with van der Waals surface area (Å²) in [6.45, 7) is 4.89. The van der Waals surface area contributed by atoms with Crippen LogP contribution in [-0.2, 0) is 14.2 Å². The highest BCUT2D eigenvalue weighted by molar-refractivity contribution is 6.11. The molecule has 1 aromatic rings. The third kappa shape index (κ3) is 4.90. The highest BCUT2D eigenvalue weighted by atomic mass is 16.6. The van der Waals surface area contributed by atoms with Gasteiger partial charge in [-0.3, -0.25) is 15.4 Å². The Labute approximate surface area is 143 Å². The fourth-order valence-corrected chi connectivity index (χ4v) is 1.88. The number of ether oxygens (including phenoxy) is 3. The van der Waals surface area contributed by atoms with Gasteiger partial charge in [0.25, 0.3) is 5.69 Å². The van der Waals surface area contributed by atoms with Crippen LogP contribution in [0.2, 0.25) is 0 Å². The summed E-state index contributed by atoms with van der Waals surface area (Å²) in [7, 11) is 2.03. The topological polar surface area (TPSA) is 134 Å². The van der Waals surface area contributed by atoms with Crippen LogP contribution in [0, 0.1) is 10.1 Å². The summed E-state index contributed by atoms with van der Waals surface area (Å²) in [5.41, 5.74) is -2.81. The molecule has 1 rings (SSSR count). The number of carbonyl (C=O) groups excluding carboxylic acids is 3. The van der Waals surface area contributed by atoms with E-state index in [1.54, 1.807) is 20.8 Å². The van der Waals surface area contributed by atoms with E-state index < -0.39 is 45.4 Å². The second-order valence-electron chi connectivity index (χ2n) is 5.75. The predicted molar refractivity (Wildman–Crippen MR) is 85.6 cm³/mol. The molecule has 10 heteroatoms. The van der Waals surface area contributed by atoms with Gasteiger partial charge in [-0.05, 0) is 26.8 Å². The number of amides is 1. The Kier molecular flexibility index (Phi) is 6.04. The summed E-state index contributed by atoms with van der Waals surface area (Å²) < 4.78 is 14.1. The second kappa shape index (κ2) is 7.60. The molecule has 0 aromatic heterocycles. The Hall–Kier alpha value is -3.17. The molecule has 0 atom stereocenters. The summed E-state index contributed by atoms with van der Waals surface area (Å²) in [4.78, 5) is 46.3. The van der Waals surface area contributed by atoms with E-state index in [0.717, 1.165) is 26.4 Å². The summed E-state index contributed by atoms with van der Waals surface area (Å²) in [5, 5.41) is 13.4. The van der Waals surface area contributed by atoms with Crippen LogP contribution in [0.25, 0.3) is 0 Å². The number of rotatable bonds is 4. The van der Waals surface area contributed by atoms with Crippen LogP contribution in [0.3, 0.4) is 0 Å². The average molecular weight is 354 g/mol. The molecule has 136 valence electrons. The van der Waals surface area contributed by atoms with Crippen LogP contribution >= 0.6 is 0 Å². The van der Waals surface area contributed by atoms with Crippen molar-refractivity contribution in [2.24, 2.45) is 0 Å². The van der Waals surface area contributed by atoms with Crippen LogP contribution in [0.1, 0.15) is 41.5 Å². The zero-order valence-electron chi connectivity index (χ0n) is 14.4. The van der Waals surface area contributed by atoms with Gasteiger partial charge in [-0.25, -0.2) is 14.4 Å². The molecule has 0 saturated carbocycles. The molecule has 0 spiro atoms. The van der Waals surface area contributed by atoms with E-state index in [0.29, 0.717) is 0 Å². The maximum absolute atomic E-state index is 12.1. The standard InChI is InChI=1S/C15H18N2O8/c1-15(2,3)25-14(20)16-8-6-7-9(17(21)22)11(13(19)24-5)10(8)12(18)23-4/h6-7H,1-5H3,(H,16,20). The number of nitrogens with zero attached hydrogens (tertiary/aromatic N) is 1. The first kappa shape index (κ1) is 19.9. The first-order valence-corrected chi connectivity index (χ1v) is 6.99. The van der Waals surface area contributed by atoms with Crippen molar-refractivity contribution in [2.45, 2.75) is 26.4 Å². The quantitative estimate of drug-likeness (QED) is 0.377. The lowest BCUT2D eigenvalue weighted by Gasteiger charge is -2.20. The van der Waals surface area contributed by atoms with Crippen molar-refractivity contribution in [3.63, 3.8) is 0 Å². The zero-order chi connectivity index (χ0) is 19.4. The summed E-state index contributed by atoms with van der Waals surface area (Å²) in [6.07, 6.45) is -0.915. The molecule has 0 unspecified atom stereocenters. The Balaban J connectivity index is 3.53. The third-order valence-corrected chi connectivity index (χ3v) is 2.79. The first-order chi connectivity index (χ1) is 11.5. The fourth-order valence-electron chi connectivity index (χ4n) is 1.88. The van der Waals surface area contributed by atoms with Crippen LogP contribution in [0.5, 0.6) is 0 Å². The number of benzene rings is 1. The number of nitrogens with one attached hydrogen (secondary N) is 1. The normalized spacial score (nSPS) is 10.6. The minimum atomic E-state index is -1.13. The average Bonchev–Trinajstić information content (AvgIpc) is 2.50. The summed E-state index contributed by atoms with van der Waals surface area (Å²) >= 11 is 0. The molecule has 25 heavy (non-hydrogen) atoms. The van der Waals surface area contributed by atoms with Gasteiger partial charge < -0.3 is 14.2 Å². The molecule has 1 aromatic carbocycles. The Morgan fingerprint density at radius 1 is 1.04 bits per heavy atom. The molecule has 0 aliphatic heterocycles. The Morgan fingerprint density at radius 2 is 1.56 bits per heavy atom. The van der Waals surface area contributed by atoms with E-state index in [1.807, 2.05) is 0 Å². The van der Waals surface area contributed by atoms with Gasteiger partial charge in [-0.1, -0.05) is 0 Å². The van der Waals surface area contributed by atoms with Gasteiger partial charge in [0, 0.05) is 6.07 Å². The molecule has 0 aliphatic rings. The van der Waals surface area contributed by atoms with Crippen molar-refractivity contribution in [2.75, 3.05) is 19.5 Å². The molecule has 10 nitrogen and oxygen atoms in total. The van der Waals surface area contributed by atoms with Crippen molar-refractivity contribution in [3.05, 3.63) is 33.4 Å². The lowest BCUT2D eigenvalue weighted by molar-refractivity contribution is -0.385. The van der Waals surface area contributed by atoms with Crippen molar-refractivity contribution in [1.82, 2.24) is 0 Å². The molecule has 0 fully saturated rings. The number of nitro groups is 1. The second-order valence-corrected chi connectivity index (χ2v) is 5.75. The number of esters is 2. The molecule has 1 N–H and O–H groups in total. The fraction of sp³-hybridized carbons (Fsp3) is 0.400. The maximum atomic E-state index is 12.1. The highest BCUT2D eigenvalue weighted by Gasteiger charge is 2.32. The third-order valence-electron chi connectivity index (χ3n) is 2.79. The van der Waals surface area contributed by atoms with E-state index in [-0.39, 0.29) is 5.69 Å².